The molecule has 4 nitrogen and oxygen atoms in total. The Morgan fingerprint density at radius 3 is 2.12 bits per heavy atom. The Hall–Kier alpha value is -0.160. The summed E-state index contributed by atoms with van der Waals surface area (Å²) in [5, 5.41) is 9.89. The summed E-state index contributed by atoms with van der Waals surface area (Å²) in [5.41, 5.74) is 0. The summed E-state index contributed by atoms with van der Waals surface area (Å²) in [6.45, 7) is 5.96. The minimum Gasteiger partial charge on any atom is -0.356 e. The van der Waals surface area contributed by atoms with Crippen LogP contribution < -0.4 is 0 Å². The molecule has 0 aliphatic carbocycles. The second-order valence-corrected chi connectivity index (χ2v) is 5.20. The van der Waals surface area contributed by atoms with Crippen molar-refractivity contribution in [1.29, 1.82) is 0 Å². The third kappa shape index (κ3) is 4.54. The minimum absolute atomic E-state index is 0.650. The number of ether oxygens (including phenoxy) is 1. The molecule has 0 aromatic heterocycles. The van der Waals surface area contributed by atoms with Crippen molar-refractivity contribution in [3.63, 3.8) is 0 Å². The number of rotatable bonds is 5. The average Bonchev–Trinajstić information content (AvgIpc) is 2.41. The molecule has 0 radical (unpaired) electrons. The molecule has 2 saturated heterocycles. The van der Waals surface area contributed by atoms with Gasteiger partial charge in [0.2, 0.25) is 6.41 Å². The van der Waals surface area contributed by atoms with Gasteiger partial charge in [0.15, 0.2) is 0 Å². The summed E-state index contributed by atoms with van der Waals surface area (Å²) in [5.74, 6) is 0. The second kappa shape index (κ2) is 7.31. The summed E-state index contributed by atoms with van der Waals surface area (Å²) < 4.78 is 5.52. The molecule has 2 fully saturated rings. The number of hydrogen-bond acceptors (Lipinski definition) is 4. The third-order valence-electron chi connectivity index (χ3n) is 3.83. The van der Waals surface area contributed by atoms with Gasteiger partial charge >= 0.3 is 0 Å². The zero-order valence-corrected chi connectivity index (χ0v) is 10.8. The van der Waals surface area contributed by atoms with E-state index in [1.165, 1.54) is 51.6 Å². The Balaban J connectivity index is 1.57. The lowest BCUT2D eigenvalue weighted by molar-refractivity contribution is -0.198. The molecule has 2 aliphatic heterocycles. The second-order valence-electron chi connectivity index (χ2n) is 5.20. The zero-order chi connectivity index (χ0) is 11.9. The summed E-state index contributed by atoms with van der Waals surface area (Å²) >= 11 is 0. The lowest BCUT2D eigenvalue weighted by Crippen LogP contribution is -2.42. The standard InChI is InChI=1S/C13H26N2O2/c16-13(15-9-5-2-6-10-15)17-12-11-14-7-3-1-4-8-14/h13,16H,1-12H2. The van der Waals surface area contributed by atoms with E-state index < -0.39 is 6.41 Å². The summed E-state index contributed by atoms with van der Waals surface area (Å²) in [7, 11) is 0. The lowest BCUT2D eigenvalue weighted by atomic mass is 10.1. The normalized spacial score (nSPS) is 25.9. The van der Waals surface area contributed by atoms with Gasteiger partial charge in [-0.1, -0.05) is 12.8 Å². The van der Waals surface area contributed by atoms with Gasteiger partial charge in [-0.25, -0.2) is 0 Å². The predicted octanol–water partition coefficient (Wildman–Crippen LogP) is 1.25. The number of likely N-dealkylation sites (tertiary alicyclic amines) is 2. The van der Waals surface area contributed by atoms with Crippen LogP contribution in [0.1, 0.15) is 38.5 Å². The molecule has 0 amide bonds. The first-order chi connectivity index (χ1) is 8.36. The van der Waals surface area contributed by atoms with Crippen LogP contribution in [0, 0.1) is 0 Å². The van der Waals surface area contributed by atoms with Crippen molar-refractivity contribution in [2.75, 3.05) is 39.3 Å². The molecule has 2 rings (SSSR count). The van der Waals surface area contributed by atoms with E-state index in [1.807, 2.05) is 4.90 Å². The molecule has 1 atom stereocenters. The van der Waals surface area contributed by atoms with Crippen molar-refractivity contribution >= 4 is 0 Å². The molecule has 2 heterocycles. The van der Waals surface area contributed by atoms with E-state index in [0.717, 1.165) is 19.6 Å². The van der Waals surface area contributed by atoms with Crippen LogP contribution in [0.15, 0.2) is 0 Å². The van der Waals surface area contributed by atoms with Gasteiger partial charge in [0, 0.05) is 19.6 Å². The Bertz CT molecular complexity index is 202. The molecule has 0 spiro atoms. The van der Waals surface area contributed by atoms with E-state index in [4.69, 9.17) is 4.74 Å². The highest BCUT2D eigenvalue weighted by Crippen LogP contribution is 2.12. The minimum atomic E-state index is -0.680. The van der Waals surface area contributed by atoms with E-state index in [2.05, 4.69) is 4.90 Å². The molecular formula is C13H26N2O2. The molecule has 4 heteroatoms. The van der Waals surface area contributed by atoms with E-state index in [-0.39, 0.29) is 0 Å². The Morgan fingerprint density at radius 2 is 1.47 bits per heavy atom. The molecule has 100 valence electrons. The molecule has 17 heavy (non-hydrogen) atoms. The van der Waals surface area contributed by atoms with Crippen molar-refractivity contribution in [3.8, 4) is 0 Å². The largest absolute Gasteiger partial charge is 0.356 e. The van der Waals surface area contributed by atoms with E-state index >= 15 is 0 Å². The van der Waals surface area contributed by atoms with Crippen LogP contribution >= 0.6 is 0 Å². The number of hydrogen-bond donors (Lipinski definition) is 1. The highest BCUT2D eigenvalue weighted by Gasteiger charge is 2.18. The molecule has 0 saturated carbocycles. The summed E-state index contributed by atoms with van der Waals surface area (Å²) in [4.78, 5) is 4.48. The van der Waals surface area contributed by atoms with Gasteiger partial charge in [-0.15, -0.1) is 0 Å². The first-order valence-electron chi connectivity index (χ1n) is 7.12. The smallest absolute Gasteiger partial charge is 0.216 e. The maximum atomic E-state index is 9.89. The van der Waals surface area contributed by atoms with Gasteiger partial charge in [0.25, 0.3) is 0 Å². The number of aliphatic hydroxyl groups excluding tert-OH is 1. The van der Waals surface area contributed by atoms with Crippen molar-refractivity contribution in [3.05, 3.63) is 0 Å². The molecular weight excluding hydrogens is 216 g/mol. The summed E-state index contributed by atoms with van der Waals surface area (Å²) in [6, 6.07) is 0. The Kier molecular flexibility index (Phi) is 5.71. The molecule has 1 unspecified atom stereocenters. The molecule has 2 aliphatic rings. The van der Waals surface area contributed by atoms with Crippen LogP contribution in [0.25, 0.3) is 0 Å². The fraction of sp³-hybridized carbons (Fsp3) is 1.00. The van der Waals surface area contributed by atoms with Gasteiger partial charge in [-0.05, 0) is 38.8 Å². The molecule has 0 aromatic carbocycles. The fourth-order valence-corrected chi connectivity index (χ4v) is 2.71. The molecule has 0 aromatic rings. The van der Waals surface area contributed by atoms with Crippen LogP contribution in [0.5, 0.6) is 0 Å². The van der Waals surface area contributed by atoms with Crippen LogP contribution in [-0.4, -0.2) is 60.7 Å². The van der Waals surface area contributed by atoms with Crippen molar-refractivity contribution < 1.29 is 9.84 Å². The van der Waals surface area contributed by atoms with Crippen LogP contribution in [0.3, 0.4) is 0 Å². The predicted molar refractivity (Wildman–Crippen MR) is 67.7 cm³/mol. The van der Waals surface area contributed by atoms with Crippen LogP contribution in [0.4, 0.5) is 0 Å². The fourth-order valence-electron chi connectivity index (χ4n) is 2.71. The van der Waals surface area contributed by atoms with Gasteiger partial charge in [0.05, 0.1) is 6.61 Å². The maximum Gasteiger partial charge on any atom is 0.216 e. The number of piperidine rings is 2. The highest BCUT2D eigenvalue weighted by atomic mass is 16.6. The van der Waals surface area contributed by atoms with Gasteiger partial charge < -0.3 is 14.7 Å². The highest BCUT2D eigenvalue weighted by molar-refractivity contribution is 4.65. The quantitative estimate of drug-likeness (QED) is 0.736. The van der Waals surface area contributed by atoms with E-state index in [1.54, 1.807) is 0 Å². The van der Waals surface area contributed by atoms with Gasteiger partial charge in [-0.3, -0.25) is 4.90 Å². The van der Waals surface area contributed by atoms with Crippen molar-refractivity contribution in [2.24, 2.45) is 0 Å². The molecule has 0 bridgehead atoms. The van der Waals surface area contributed by atoms with E-state index in [0.29, 0.717) is 6.61 Å². The van der Waals surface area contributed by atoms with Crippen LogP contribution in [-0.2, 0) is 4.74 Å². The van der Waals surface area contributed by atoms with Gasteiger partial charge in [-0.2, -0.15) is 0 Å². The first kappa shape index (κ1) is 13.3. The first-order valence-corrected chi connectivity index (χ1v) is 7.12. The topological polar surface area (TPSA) is 35.9 Å². The third-order valence-corrected chi connectivity index (χ3v) is 3.83. The lowest BCUT2D eigenvalue weighted by Gasteiger charge is -2.31. The SMILES string of the molecule is OC(OCCN1CCCCC1)N1CCCCC1. The maximum absolute atomic E-state index is 9.89. The molecule has 1 N–H and O–H groups in total. The number of aliphatic hydroxyl groups is 1. The Morgan fingerprint density at radius 1 is 0.882 bits per heavy atom. The van der Waals surface area contributed by atoms with Crippen LogP contribution in [0.2, 0.25) is 0 Å². The summed E-state index contributed by atoms with van der Waals surface area (Å²) in [6.07, 6.45) is 6.98. The zero-order valence-electron chi connectivity index (χ0n) is 10.8. The van der Waals surface area contributed by atoms with Gasteiger partial charge in [0.1, 0.15) is 0 Å². The average molecular weight is 242 g/mol. The van der Waals surface area contributed by atoms with E-state index in [9.17, 15) is 5.11 Å². The van der Waals surface area contributed by atoms with Crippen molar-refractivity contribution in [2.45, 2.75) is 44.9 Å². The Labute approximate surface area is 105 Å². The number of nitrogens with zero attached hydrogens (tertiary/aromatic N) is 2. The van der Waals surface area contributed by atoms with Crippen molar-refractivity contribution in [1.82, 2.24) is 9.80 Å². The monoisotopic (exact) mass is 242 g/mol.